The summed E-state index contributed by atoms with van der Waals surface area (Å²) in [6.07, 6.45) is 6.69. The molecule has 0 spiro atoms. The van der Waals surface area contributed by atoms with Gasteiger partial charge in [-0.2, -0.15) is 0 Å². The number of nitrogens with one attached hydrogen (secondary N) is 2. The van der Waals surface area contributed by atoms with Crippen molar-refractivity contribution in [1.82, 2.24) is 20.3 Å². The minimum Gasteiger partial charge on any atom is -0.385 e. The van der Waals surface area contributed by atoms with Gasteiger partial charge in [-0.1, -0.05) is 72.8 Å². The van der Waals surface area contributed by atoms with Gasteiger partial charge in [0.15, 0.2) is 5.13 Å². The molecule has 8 nitrogen and oxygen atoms in total. The molecule has 0 aliphatic rings. The number of aromatic nitrogens is 3. The van der Waals surface area contributed by atoms with Gasteiger partial charge in [-0.15, -0.1) is 0 Å². The Morgan fingerprint density at radius 1 is 1.11 bits per heavy atom. The lowest BCUT2D eigenvalue weighted by Gasteiger charge is -2.30. The molecule has 4 rings (SSSR count). The predicted molar refractivity (Wildman–Crippen MR) is 148 cm³/mol. The fourth-order valence-corrected chi connectivity index (χ4v) is 6.10. The number of aliphatic hydroxyl groups is 1. The zero-order chi connectivity index (χ0) is 26.3. The largest absolute Gasteiger partial charge is 0.385 e. The van der Waals surface area contributed by atoms with E-state index in [0.29, 0.717) is 22.9 Å². The van der Waals surface area contributed by atoms with Crippen LogP contribution in [0.1, 0.15) is 46.9 Å². The predicted octanol–water partition coefficient (Wildman–Crippen LogP) is 4.88. The number of anilines is 2. The van der Waals surface area contributed by atoms with Crippen LogP contribution < -0.4 is 16.4 Å². The van der Waals surface area contributed by atoms with Crippen molar-refractivity contribution in [3.8, 4) is 0 Å². The monoisotopic (exact) mass is 534 g/mol. The van der Waals surface area contributed by atoms with E-state index in [0.717, 1.165) is 33.2 Å². The first-order chi connectivity index (χ1) is 17.9. The Labute approximate surface area is 224 Å². The van der Waals surface area contributed by atoms with Gasteiger partial charge in [0, 0.05) is 35.8 Å². The van der Waals surface area contributed by atoms with Gasteiger partial charge in [-0.3, -0.25) is 9.78 Å². The number of primary amides is 1. The van der Waals surface area contributed by atoms with E-state index in [1.54, 1.807) is 12.4 Å². The topological polar surface area (TPSA) is 126 Å². The normalized spacial score (nSPS) is 12.7. The van der Waals surface area contributed by atoms with Crippen LogP contribution in [0, 0.1) is 0 Å². The highest BCUT2D eigenvalue weighted by Crippen LogP contribution is 2.40. The molecule has 4 aromatic rings. The summed E-state index contributed by atoms with van der Waals surface area (Å²) in [5.74, 6) is 0.0858. The molecule has 5 N–H and O–H groups in total. The van der Waals surface area contributed by atoms with Crippen molar-refractivity contribution >= 4 is 40.0 Å². The molecule has 0 unspecified atom stereocenters. The van der Waals surface area contributed by atoms with Gasteiger partial charge in [-0.05, 0) is 36.7 Å². The molecule has 0 bridgehead atoms. The average Bonchev–Trinajstić information content (AvgIpc) is 3.33. The van der Waals surface area contributed by atoms with Gasteiger partial charge in [0.05, 0.1) is 16.0 Å². The molecule has 0 aliphatic heterocycles. The van der Waals surface area contributed by atoms with Gasteiger partial charge in [0.25, 0.3) is 5.91 Å². The fourth-order valence-electron chi connectivity index (χ4n) is 4.13. The summed E-state index contributed by atoms with van der Waals surface area (Å²) in [6, 6.07) is 15.3. The van der Waals surface area contributed by atoms with Crippen molar-refractivity contribution in [3.63, 3.8) is 0 Å². The number of hydrogen-bond donors (Lipinski definition) is 4. The van der Waals surface area contributed by atoms with Crippen molar-refractivity contribution in [2.45, 2.75) is 47.4 Å². The van der Waals surface area contributed by atoms with E-state index in [1.807, 2.05) is 68.7 Å². The highest BCUT2D eigenvalue weighted by atomic mass is 32.2. The van der Waals surface area contributed by atoms with E-state index in [9.17, 15) is 9.90 Å². The number of carbonyl (C=O) groups is 1. The summed E-state index contributed by atoms with van der Waals surface area (Å²) in [4.78, 5) is 26.3. The third-order valence-electron chi connectivity index (χ3n) is 5.83. The number of hydrogen-bond acceptors (Lipinski definition) is 9. The zero-order valence-electron chi connectivity index (χ0n) is 20.8. The number of pyridine rings is 2. The zero-order valence-corrected chi connectivity index (χ0v) is 22.4. The molecule has 3 aromatic heterocycles. The number of amides is 1. The highest BCUT2D eigenvalue weighted by molar-refractivity contribution is 8.01. The average molecular weight is 535 g/mol. The molecule has 1 amide bonds. The molecule has 1 aromatic carbocycles. The van der Waals surface area contributed by atoms with Crippen LogP contribution in [-0.4, -0.2) is 33.0 Å². The number of carbonyl (C=O) groups excluding carboxylic acids is 1. The Hall–Kier alpha value is -3.31. The lowest BCUT2D eigenvalue weighted by Crippen LogP contribution is -2.30. The fraction of sp³-hybridized carbons (Fsp3) is 0.259. The molecule has 0 saturated carbocycles. The summed E-state index contributed by atoms with van der Waals surface area (Å²) in [5.41, 5.74) is 7.23. The number of nitrogens with two attached hydrogens (primary N) is 1. The van der Waals surface area contributed by atoms with Crippen molar-refractivity contribution in [2.75, 3.05) is 12.4 Å². The minimum absolute atomic E-state index is 0.171. The lowest BCUT2D eigenvalue weighted by molar-refractivity contribution is 0.0261. The van der Waals surface area contributed by atoms with E-state index in [-0.39, 0.29) is 12.1 Å². The van der Waals surface area contributed by atoms with Gasteiger partial charge in [0.2, 0.25) is 0 Å². The van der Waals surface area contributed by atoms with E-state index >= 15 is 0 Å². The smallest absolute Gasteiger partial charge is 0.267 e. The molecule has 192 valence electrons. The van der Waals surface area contributed by atoms with Gasteiger partial charge in [-0.25, -0.2) is 9.97 Å². The summed E-state index contributed by atoms with van der Waals surface area (Å²) in [7, 11) is 1.90. The maximum Gasteiger partial charge on any atom is 0.267 e. The standard InChI is InChI=1S/C27H30N6O2S2/c1-3-12-27(35,19-7-5-4-6-8-19)14-20-21(11-13-30-24(20)25(28)34)36-23-17-32-26(37-23)33-22-10-9-18(15-29-2)16-31-22/h4-11,13,16-17,29,35H,3,12,14-15H2,1-2H3,(H2,28,34)(H,31,32,33)/t27-/m1/s1. The Morgan fingerprint density at radius 3 is 2.59 bits per heavy atom. The summed E-state index contributed by atoms with van der Waals surface area (Å²) >= 11 is 2.94. The number of thiazole rings is 1. The molecule has 0 fully saturated rings. The molecule has 10 heteroatoms. The molecular formula is C27H30N6O2S2. The van der Waals surface area contributed by atoms with Crippen molar-refractivity contribution in [1.29, 1.82) is 0 Å². The first kappa shape index (κ1) is 26.7. The van der Waals surface area contributed by atoms with E-state index in [2.05, 4.69) is 25.6 Å². The first-order valence-corrected chi connectivity index (χ1v) is 13.6. The second kappa shape index (κ2) is 12.3. The van der Waals surface area contributed by atoms with Crippen molar-refractivity contribution in [3.05, 3.63) is 89.5 Å². The third kappa shape index (κ3) is 6.72. The second-order valence-electron chi connectivity index (χ2n) is 8.62. The molecule has 37 heavy (non-hydrogen) atoms. The van der Waals surface area contributed by atoms with Crippen molar-refractivity contribution in [2.24, 2.45) is 5.73 Å². The second-order valence-corrected chi connectivity index (χ2v) is 11.0. The molecule has 3 heterocycles. The van der Waals surface area contributed by atoms with E-state index in [4.69, 9.17) is 5.73 Å². The van der Waals surface area contributed by atoms with Crippen molar-refractivity contribution < 1.29 is 9.90 Å². The summed E-state index contributed by atoms with van der Waals surface area (Å²) in [6.45, 7) is 2.78. The number of nitrogens with zero attached hydrogens (tertiary/aromatic N) is 3. The van der Waals surface area contributed by atoms with Crippen LogP contribution in [-0.2, 0) is 18.6 Å². The molecular weight excluding hydrogens is 504 g/mol. The third-order valence-corrected chi connectivity index (χ3v) is 7.94. The number of rotatable bonds is 12. The molecule has 0 radical (unpaired) electrons. The van der Waals surface area contributed by atoms with Gasteiger partial charge >= 0.3 is 0 Å². The van der Waals surface area contributed by atoms with E-state index in [1.165, 1.54) is 23.1 Å². The Morgan fingerprint density at radius 2 is 1.92 bits per heavy atom. The van der Waals surface area contributed by atoms with Crippen LogP contribution in [0.25, 0.3) is 0 Å². The number of benzene rings is 1. The maximum absolute atomic E-state index is 12.3. The van der Waals surface area contributed by atoms with Crippen LogP contribution in [0.3, 0.4) is 0 Å². The Balaban J connectivity index is 1.60. The van der Waals surface area contributed by atoms with Crippen LogP contribution >= 0.6 is 23.1 Å². The summed E-state index contributed by atoms with van der Waals surface area (Å²) < 4.78 is 0.913. The van der Waals surface area contributed by atoms with Gasteiger partial charge < -0.3 is 21.5 Å². The highest BCUT2D eigenvalue weighted by Gasteiger charge is 2.32. The van der Waals surface area contributed by atoms with E-state index < -0.39 is 11.5 Å². The molecule has 1 atom stereocenters. The van der Waals surface area contributed by atoms with Crippen LogP contribution in [0.4, 0.5) is 10.9 Å². The first-order valence-electron chi connectivity index (χ1n) is 12.0. The SMILES string of the molecule is CCC[C@@](O)(Cc1c(Sc2cnc(Nc3ccc(CNC)cn3)s2)ccnc1C(N)=O)c1ccccc1. The Kier molecular flexibility index (Phi) is 8.88. The summed E-state index contributed by atoms with van der Waals surface area (Å²) in [5, 5.41) is 18.8. The van der Waals surface area contributed by atoms with Crippen LogP contribution in [0.15, 0.2) is 76.2 Å². The quantitative estimate of drug-likeness (QED) is 0.203. The minimum atomic E-state index is -1.16. The maximum atomic E-state index is 12.3. The van der Waals surface area contributed by atoms with Crippen LogP contribution in [0.5, 0.6) is 0 Å². The Bertz CT molecular complexity index is 1330. The van der Waals surface area contributed by atoms with Crippen LogP contribution in [0.2, 0.25) is 0 Å². The van der Waals surface area contributed by atoms with Gasteiger partial charge in [0.1, 0.15) is 11.5 Å². The molecule has 0 saturated heterocycles. The lowest BCUT2D eigenvalue weighted by atomic mass is 9.83. The molecule has 0 aliphatic carbocycles.